The van der Waals surface area contributed by atoms with Crippen LogP contribution in [0.15, 0.2) is 101 Å². The Morgan fingerprint density at radius 1 is 0.860 bits per heavy atom. The summed E-state index contributed by atoms with van der Waals surface area (Å²) in [5, 5.41) is 3.37. The van der Waals surface area contributed by atoms with Gasteiger partial charge < -0.3 is 14.8 Å². The first-order valence-corrected chi connectivity index (χ1v) is 15.5. The van der Waals surface area contributed by atoms with E-state index in [9.17, 15) is 22.8 Å². The highest BCUT2D eigenvalue weighted by atomic mass is 32.2. The number of sulfonamides is 1. The van der Waals surface area contributed by atoms with E-state index in [1.807, 2.05) is 60.7 Å². The highest BCUT2D eigenvalue weighted by Gasteiger charge is 2.62. The van der Waals surface area contributed by atoms with Gasteiger partial charge in [0.1, 0.15) is 6.61 Å². The zero-order valence-corrected chi connectivity index (χ0v) is 24.2. The van der Waals surface area contributed by atoms with Crippen molar-refractivity contribution in [2.45, 2.75) is 55.5 Å². The first-order valence-electron chi connectivity index (χ1n) is 14.1. The standard InChI is InChI=1S/C32H31N3O7S/c36-29(20-23-8-3-1-4-9-23)42-22-34-18-14-25-26(30(34)37)12-7-13-27(25)43(39,40)35-19-15-28(32(35)16-17-32)33-31(38)41-21-24-10-5-2-6-11-24/h1-14,18,28H,15-17,19-22H2,(H,33,38). The van der Waals surface area contributed by atoms with Crippen LogP contribution in [0, 0.1) is 0 Å². The van der Waals surface area contributed by atoms with Crippen LogP contribution in [-0.2, 0) is 44.1 Å². The second kappa shape index (κ2) is 11.7. The van der Waals surface area contributed by atoms with Crippen LogP contribution >= 0.6 is 0 Å². The van der Waals surface area contributed by atoms with Gasteiger partial charge in [-0.2, -0.15) is 4.31 Å². The summed E-state index contributed by atoms with van der Waals surface area (Å²) in [6.07, 6.45) is 2.59. The molecule has 222 valence electrons. The summed E-state index contributed by atoms with van der Waals surface area (Å²) in [6.45, 7) is 0.0608. The van der Waals surface area contributed by atoms with Crippen molar-refractivity contribution >= 4 is 32.9 Å². The molecule has 1 saturated carbocycles. The molecular weight excluding hydrogens is 570 g/mol. The van der Waals surface area contributed by atoms with E-state index in [0.717, 1.165) is 11.1 Å². The molecule has 1 unspecified atom stereocenters. The van der Waals surface area contributed by atoms with E-state index in [1.54, 1.807) is 12.1 Å². The van der Waals surface area contributed by atoms with Crippen LogP contribution in [0.5, 0.6) is 0 Å². The Morgan fingerprint density at radius 2 is 1.56 bits per heavy atom. The molecule has 3 aromatic carbocycles. The number of rotatable bonds is 9. The second-order valence-electron chi connectivity index (χ2n) is 10.8. The Bertz CT molecular complexity index is 1820. The molecule has 4 aromatic rings. The molecule has 2 fully saturated rings. The van der Waals surface area contributed by atoms with Crippen LogP contribution in [0.3, 0.4) is 0 Å². The molecule has 1 aliphatic carbocycles. The number of alkyl carbamates (subject to hydrolysis) is 1. The molecule has 1 atom stereocenters. The normalized spacial score (nSPS) is 17.5. The van der Waals surface area contributed by atoms with Crippen molar-refractivity contribution in [3.63, 3.8) is 0 Å². The van der Waals surface area contributed by atoms with Crippen molar-refractivity contribution in [2.75, 3.05) is 6.54 Å². The van der Waals surface area contributed by atoms with Gasteiger partial charge in [-0.3, -0.25) is 14.2 Å². The number of fused-ring (bicyclic) bond motifs is 1. The third-order valence-corrected chi connectivity index (χ3v) is 10.2. The van der Waals surface area contributed by atoms with Crippen molar-refractivity contribution in [3.8, 4) is 0 Å². The summed E-state index contributed by atoms with van der Waals surface area (Å²) in [4.78, 5) is 38.2. The average Bonchev–Trinajstić information content (AvgIpc) is 3.73. The number of nitrogens with zero attached hydrogens (tertiary/aromatic N) is 2. The first-order chi connectivity index (χ1) is 20.8. The van der Waals surface area contributed by atoms with Crippen LogP contribution in [-0.4, -0.2) is 47.5 Å². The molecule has 2 heterocycles. The van der Waals surface area contributed by atoms with E-state index in [-0.39, 0.29) is 48.0 Å². The molecule has 43 heavy (non-hydrogen) atoms. The predicted octanol–water partition coefficient (Wildman–Crippen LogP) is 3.97. The number of ether oxygens (including phenoxy) is 2. The fourth-order valence-corrected chi connectivity index (χ4v) is 7.88. The summed E-state index contributed by atoms with van der Waals surface area (Å²) in [5.74, 6) is -0.481. The van der Waals surface area contributed by atoms with Crippen LogP contribution in [0.2, 0.25) is 0 Å². The van der Waals surface area contributed by atoms with Crippen LogP contribution in [0.25, 0.3) is 10.8 Å². The number of aromatic nitrogens is 1. The maximum absolute atomic E-state index is 14.0. The minimum atomic E-state index is -4.02. The molecule has 1 amide bonds. The molecular formula is C32H31N3O7S. The quantitative estimate of drug-likeness (QED) is 0.288. The Morgan fingerprint density at radius 3 is 2.26 bits per heavy atom. The van der Waals surface area contributed by atoms with Gasteiger partial charge >= 0.3 is 12.1 Å². The maximum atomic E-state index is 14.0. The lowest BCUT2D eigenvalue weighted by molar-refractivity contribution is -0.146. The van der Waals surface area contributed by atoms with Gasteiger partial charge in [0.15, 0.2) is 6.73 Å². The number of nitrogens with one attached hydrogen (secondary N) is 1. The van der Waals surface area contributed by atoms with E-state index in [4.69, 9.17) is 9.47 Å². The largest absolute Gasteiger partial charge is 0.445 e. The molecule has 1 aromatic heterocycles. The fraction of sp³-hybridized carbons (Fsp3) is 0.281. The topological polar surface area (TPSA) is 124 Å². The number of hydrogen-bond donors (Lipinski definition) is 1. The van der Waals surface area contributed by atoms with Crippen molar-refractivity contribution in [1.82, 2.24) is 14.2 Å². The van der Waals surface area contributed by atoms with Gasteiger partial charge in [-0.25, -0.2) is 13.2 Å². The lowest BCUT2D eigenvalue weighted by Gasteiger charge is -2.28. The molecule has 2 aliphatic rings. The average molecular weight is 602 g/mol. The molecule has 1 N–H and O–H groups in total. The summed E-state index contributed by atoms with van der Waals surface area (Å²) in [5.41, 5.74) is 0.458. The van der Waals surface area contributed by atoms with Gasteiger partial charge in [0, 0.05) is 23.5 Å². The third kappa shape index (κ3) is 5.78. The molecule has 1 spiro atoms. The Labute approximate surface area is 248 Å². The summed E-state index contributed by atoms with van der Waals surface area (Å²) >= 11 is 0. The van der Waals surface area contributed by atoms with Crippen molar-refractivity contribution in [2.24, 2.45) is 0 Å². The van der Waals surface area contributed by atoms with Gasteiger partial charge in [0.05, 0.1) is 22.9 Å². The number of carbonyl (C=O) groups is 2. The Hall–Kier alpha value is -4.48. The Kier molecular flexibility index (Phi) is 7.76. The number of amides is 1. The number of carbonyl (C=O) groups excluding carboxylic acids is 2. The lowest BCUT2D eigenvalue weighted by atomic mass is 10.1. The summed E-state index contributed by atoms with van der Waals surface area (Å²) in [7, 11) is -4.02. The van der Waals surface area contributed by atoms with Crippen molar-refractivity contribution in [3.05, 3.63) is 113 Å². The highest BCUT2D eigenvalue weighted by Crippen LogP contribution is 2.52. The zero-order valence-electron chi connectivity index (χ0n) is 23.3. The molecule has 10 nitrogen and oxygen atoms in total. The first kappa shape index (κ1) is 28.6. The van der Waals surface area contributed by atoms with Crippen LogP contribution < -0.4 is 10.9 Å². The van der Waals surface area contributed by atoms with Crippen molar-refractivity contribution in [1.29, 1.82) is 0 Å². The second-order valence-corrected chi connectivity index (χ2v) is 12.7. The van der Waals surface area contributed by atoms with E-state index in [0.29, 0.717) is 19.3 Å². The van der Waals surface area contributed by atoms with Gasteiger partial charge in [0.25, 0.3) is 5.56 Å². The summed E-state index contributed by atoms with van der Waals surface area (Å²) < 4.78 is 41.5. The molecule has 1 saturated heterocycles. The van der Waals surface area contributed by atoms with E-state index < -0.39 is 33.2 Å². The number of hydrogen-bond acceptors (Lipinski definition) is 7. The van der Waals surface area contributed by atoms with E-state index in [2.05, 4.69) is 5.32 Å². The van der Waals surface area contributed by atoms with Crippen molar-refractivity contribution < 1.29 is 27.5 Å². The Balaban J connectivity index is 1.16. The SMILES string of the molecule is O=C(Cc1ccccc1)OCn1ccc2c(S(=O)(=O)N3CCC(NC(=O)OCc4ccccc4)C34CC4)cccc2c1=O. The predicted molar refractivity (Wildman–Crippen MR) is 158 cm³/mol. The zero-order chi connectivity index (χ0) is 30.0. The van der Waals surface area contributed by atoms with E-state index >= 15 is 0 Å². The summed E-state index contributed by atoms with van der Waals surface area (Å²) in [6, 6.07) is 24.2. The van der Waals surface area contributed by atoms with Crippen LogP contribution in [0.4, 0.5) is 4.79 Å². The fourth-order valence-electron chi connectivity index (χ4n) is 5.80. The van der Waals surface area contributed by atoms with Crippen LogP contribution in [0.1, 0.15) is 30.4 Å². The number of pyridine rings is 1. The number of benzene rings is 3. The maximum Gasteiger partial charge on any atom is 0.407 e. The molecule has 1 aliphatic heterocycles. The van der Waals surface area contributed by atoms with Gasteiger partial charge in [-0.1, -0.05) is 66.7 Å². The minimum Gasteiger partial charge on any atom is -0.445 e. The van der Waals surface area contributed by atoms with Gasteiger partial charge in [0.2, 0.25) is 10.0 Å². The third-order valence-electron chi connectivity index (χ3n) is 8.14. The monoisotopic (exact) mass is 601 g/mol. The molecule has 0 radical (unpaired) electrons. The molecule has 6 rings (SSSR count). The van der Waals surface area contributed by atoms with Gasteiger partial charge in [-0.05, 0) is 48.6 Å². The lowest BCUT2D eigenvalue weighted by Crippen LogP contribution is -2.48. The van der Waals surface area contributed by atoms with E-state index in [1.165, 1.54) is 27.2 Å². The number of esters is 1. The molecule has 0 bridgehead atoms. The molecule has 11 heteroatoms. The minimum absolute atomic E-state index is 0.0221. The smallest absolute Gasteiger partial charge is 0.407 e. The van der Waals surface area contributed by atoms with Gasteiger partial charge in [-0.15, -0.1) is 0 Å². The highest BCUT2D eigenvalue weighted by molar-refractivity contribution is 7.89.